The van der Waals surface area contributed by atoms with Gasteiger partial charge in [0.15, 0.2) is 5.78 Å². The van der Waals surface area contributed by atoms with Crippen LogP contribution < -0.4 is 0 Å². The standard InChI is InChI=1S/C24H26O/c1-16-14-17(2)24(18(3)15-16)23(25)13-11-20-10-12-22(19(20)4)21-8-6-5-7-9-21/h5-10,12,14-15,19H,11,13H2,1-4H3. The van der Waals surface area contributed by atoms with Gasteiger partial charge in [0.2, 0.25) is 0 Å². The lowest BCUT2D eigenvalue weighted by atomic mass is 9.88. The smallest absolute Gasteiger partial charge is 0.163 e. The van der Waals surface area contributed by atoms with Crippen LogP contribution in [-0.2, 0) is 0 Å². The van der Waals surface area contributed by atoms with E-state index in [4.69, 9.17) is 0 Å². The minimum absolute atomic E-state index is 0.260. The Hall–Kier alpha value is -2.41. The molecular formula is C24H26O. The first-order valence-electron chi connectivity index (χ1n) is 9.04. The van der Waals surface area contributed by atoms with Crippen LogP contribution in [0.3, 0.4) is 0 Å². The summed E-state index contributed by atoms with van der Waals surface area (Å²) in [7, 11) is 0. The van der Waals surface area contributed by atoms with Crippen LogP contribution in [0.1, 0.15) is 52.4 Å². The first-order valence-corrected chi connectivity index (χ1v) is 9.04. The van der Waals surface area contributed by atoms with Gasteiger partial charge in [-0.2, -0.15) is 0 Å². The molecule has 0 bridgehead atoms. The number of rotatable bonds is 5. The minimum atomic E-state index is 0.260. The highest BCUT2D eigenvalue weighted by Gasteiger charge is 2.21. The maximum absolute atomic E-state index is 12.8. The van der Waals surface area contributed by atoms with Crippen molar-refractivity contribution >= 4 is 11.4 Å². The van der Waals surface area contributed by atoms with Crippen LogP contribution in [0.4, 0.5) is 0 Å². The Morgan fingerprint density at radius 2 is 1.60 bits per heavy atom. The number of Topliss-reactive ketones (excluding diaryl/α,β-unsaturated/α-hetero) is 1. The summed E-state index contributed by atoms with van der Waals surface area (Å²) in [6.45, 7) is 8.40. The molecule has 25 heavy (non-hydrogen) atoms. The maximum Gasteiger partial charge on any atom is 0.163 e. The van der Waals surface area contributed by atoms with E-state index >= 15 is 0 Å². The molecule has 1 atom stereocenters. The maximum atomic E-state index is 12.8. The number of benzene rings is 2. The first kappa shape index (κ1) is 17.4. The molecule has 128 valence electrons. The molecule has 0 spiro atoms. The Bertz CT molecular complexity index is 830. The zero-order chi connectivity index (χ0) is 18.0. The van der Waals surface area contributed by atoms with E-state index in [0.717, 1.165) is 23.1 Å². The van der Waals surface area contributed by atoms with Gasteiger partial charge in [0.25, 0.3) is 0 Å². The molecule has 1 aliphatic carbocycles. The van der Waals surface area contributed by atoms with Gasteiger partial charge < -0.3 is 0 Å². The summed E-state index contributed by atoms with van der Waals surface area (Å²) in [5.41, 5.74) is 8.31. The van der Waals surface area contributed by atoms with Crippen molar-refractivity contribution in [1.82, 2.24) is 0 Å². The molecule has 0 amide bonds. The summed E-state index contributed by atoms with van der Waals surface area (Å²) >= 11 is 0. The average Bonchev–Trinajstić information content (AvgIpc) is 2.93. The summed E-state index contributed by atoms with van der Waals surface area (Å²) in [5.74, 6) is 0.645. The van der Waals surface area contributed by atoms with Gasteiger partial charge in [0, 0.05) is 17.9 Å². The van der Waals surface area contributed by atoms with E-state index in [1.165, 1.54) is 22.3 Å². The summed E-state index contributed by atoms with van der Waals surface area (Å²) < 4.78 is 0. The van der Waals surface area contributed by atoms with Gasteiger partial charge in [-0.15, -0.1) is 0 Å². The van der Waals surface area contributed by atoms with Crippen molar-refractivity contribution < 1.29 is 4.79 Å². The van der Waals surface area contributed by atoms with Crippen molar-refractivity contribution in [3.05, 3.63) is 88.0 Å². The summed E-state index contributed by atoms with van der Waals surface area (Å²) in [5, 5.41) is 0. The molecule has 0 saturated carbocycles. The molecule has 1 aliphatic rings. The Labute approximate surface area is 151 Å². The summed E-state index contributed by atoms with van der Waals surface area (Å²) in [4.78, 5) is 12.8. The monoisotopic (exact) mass is 330 g/mol. The number of ketones is 1. The van der Waals surface area contributed by atoms with E-state index in [1.807, 2.05) is 19.9 Å². The zero-order valence-corrected chi connectivity index (χ0v) is 15.6. The molecule has 1 heteroatoms. The third-order valence-electron chi connectivity index (χ3n) is 5.20. The van der Waals surface area contributed by atoms with E-state index < -0.39 is 0 Å². The average molecular weight is 330 g/mol. The van der Waals surface area contributed by atoms with Crippen molar-refractivity contribution in [3.63, 3.8) is 0 Å². The van der Waals surface area contributed by atoms with Gasteiger partial charge in [0.1, 0.15) is 0 Å². The second-order valence-electron chi connectivity index (χ2n) is 7.15. The minimum Gasteiger partial charge on any atom is -0.294 e. The molecule has 0 N–H and O–H groups in total. The van der Waals surface area contributed by atoms with Gasteiger partial charge in [0.05, 0.1) is 0 Å². The molecular weight excluding hydrogens is 304 g/mol. The molecule has 3 rings (SSSR count). The lowest BCUT2D eigenvalue weighted by Crippen LogP contribution is -2.07. The number of hydrogen-bond acceptors (Lipinski definition) is 1. The lowest BCUT2D eigenvalue weighted by Gasteiger charge is -2.16. The number of carbonyl (C=O) groups is 1. The van der Waals surface area contributed by atoms with Gasteiger partial charge >= 0.3 is 0 Å². The lowest BCUT2D eigenvalue weighted by molar-refractivity contribution is 0.0981. The SMILES string of the molecule is Cc1cc(C)c(C(=O)CCC2=CC=C(c3ccccc3)C2C)c(C)c1. The number of carbonyl (C=O) groups excluding carboxylic acids is 1. The van der Waals surface area contributed by atoms with Gasteiger partial charge in [-0.1, -0.05) is 72.7 Å². The van der Waals surface area contributed by atoms with E-state index in [9.17, 15) is 4.79 Å². The Morgan fingerprint density at radius 3 is 2.24 bits per heavy atom. The second kappa shape index (κ2) is 7.23. The zero-order valence-electron chi connectivity index (χ0n) is 15.6. The van der Waals surface area contributed by atoms with Crippen molar-refractivity contribution in [2.45, 2.75) is 40.5 Å². The second-order valence-corrected chi connectivity index (χ2v) is 7.15. The van der Waals surface area contributed by atoms with E-state index in [0.29, 0.717) is 12.3 Å². The largest absolute Gasteiger partial charge is 0.294 e. The van der Waals surface area contributed by atoms with Crippen LogP contribution in [0.15, 0.2) is 60.2 Å². The van der Waals surface area contributed by atoms with E-state index in [-0.39, 0.29) is 5.78 Å². The Morgan fingerprint density at radius 1 is 0.960 bits per heavy atom. The molecule has 0 radical (unpaired) electrons. The number of allylic oxidation sites excluding steroid dienone is 4. The van der Waals surface area contributed by atoms with Crippen molar-refractivity contribution in [2.24, 2.45) is 5.92 Å². The van der Waals surface area contributed by atoms with Crippen LogP contribution >= 0.6 is 0 Å². The van der Waals surface area contributed by atoms with Crippen LogP contribution in [0, 0.1) is 26.7 Å². The molecule has 0 aliphatic heterocycles. The quantitative estimate of drug-likeness (QED) is 0.593. The van der Waals surface area contributed by atoms with Crippen LogP contribution in [0.5, 0.6) is 0 Å². The highest BCUT2D eigenvalue weighted by atomic mass is 16.1. The molecule has 0 saturated heterocycles. The summed E-state index contributed by atoms with van der Waals surface area (Å²) in [6, 6.07) is 14.7. The topological polar surface area (TPSA) is 17.1 Å². The molecule has 0 aromatic heterocycles. The summed E-state index contributed by atoms with van der Waals surface area (Å²) in [6.07, 6.45) is 5.83. The highest BCUT2D eigenvalue weighted by Crippen LogP contribution is 2.36. The van der Waals surface area contributed by atoms with Crippen LogP contribution in [0.25, 0.3) is 5.57 Å². The van der Waals surface area contributed by atoms with E-state index in [1.54, 1.807) is 0 Å². The van der Waals surface area contributed by atoms with Crippen LogP contribution in [0.2, 0.25) is 0 Å². The predicted octanol–water partition coefficient (Wildman–Crippen LogP) is 6.23. The van der Waals surface area contributed by atoms with Gasteiger partial charge in [-0.3, -0.25) is 4.79 Å². The van der Waals surface area contributed by atoms with Crippen molar-refractivity contribution in [1.29, 1.82) is 0 Å². The van der Waals surface area contributed by atoms with Crippen molar-refractivity contribution in [3.8, 4) is 0 Å². The third-order valence-corrected chi connectivity index (χ3v) is 5.20. The Kier molecular flexibility index (Phi) is 5.03. The molecule has 2 aromatic rings. The number of hydrogen-bond donors (Lipinski definition) is 0. The molecule has 0 fully saturated rings. The third kappa shape index (κ3) is 3.66. The van der Waals surface area contributed by atoms with Gasteiger partial charge in [-0.05, 0) is 49.5 Å². The first-order chi connectivity index (χ1) is 12.0. The molecule has 1 unspecified atom stereocenters. The van der Waals surface area contributed by atoms with Gasteiger partial charge in [-0.25, -0.2) is 0 Å². The molecule has 0 heterocycles. The number of aryl methyl sites for hydroxylation is 3. The fraction of sp³-hybridized carbons (Fsp3) is 0.292. The predicted molar refractivity (Wildman–Crippen MR) is 106 cm³/mol. The van der Waals surface area contributed by atoms with E-state index in [2.05, 4.69) is 62.4 Å². The normalized spacial score (nSPS) is 16.6. The van der Waals surface area contributed by atoms with Crippen LogP contribution in [-0.4, -0.2) is 5.78 Å². The highest BCUT2D eigenvalue weighted by molar-refractivity contribution is 5.99. The molecule has 1 nitrogen and oxygen atoms in total. The fourth-order valence-electron chi connectivity index (χ4n) is 3.96. The Balaban J connectivity index is 1.67. The fourth-order valence-corrected chi connectivity index (χ4v) is 3.96. The van der Waals surface area contributed by atoms with Crippen molar-refractivity contribution in [2.75, 3.05) is 0 Å². The molecule has 2 aromatic carbocycles.